The summed E-state index contributed by atoms with van der Waals surface area (Å²) in [6.07, 6.45) is 0. The predicted octanol–water partition coefficient (Wildman–Crippen LogP) is 6.29. The maximum atomic E-state index is 4.70. The van der Waals surface area contributed by atoms with Crippen LogP contribution in [0.25, 0.3) is 31.9 Å². The summed E-state index contributed by atoms with van der Waals surface area (Å²) in [5, 5.41) is 20.8. The molecule has 0 aliphatic carbocycles. The SMILES string of the molecule is c1csc(-c2nnc(Nc3nc(-c4ccc5ccccc5c4)cs3)s2)c1. The van der Waals surface area contributed by atoms with Crippen molar-refractivity contribution in [1.82, 2.24) is 15.2 Å². The van der Waals surface area contributed by atoms with Crippen LogP contribution in [0.15, 0.2) is 65.4 Å². The summed E-state index contributed by atoms with van der Waals surface area (Å²) in [7, 11) is 0. The lowest BCUT2D eigenvalue weighted by molar-refractivity contribution is 1.10. The Morgan fingerprint density at radius 3 is 2.62 bits per heavy atom. The minimum absolute atomic E-state index is 0.757. The normalized spacial score (nSPS) is 11.1. The molecule has 0 amide bonds. The molecule has 0 saturated heterocycles. The van der Waals surface area contributed by atoms with Gasteiger partial charge >= 0.3 is 0 Å². The van der Waals surface area contributed by atoms with Gasteiger partial charge in [-0.25, -0.2) is 4.98 Å². The standard InChI is InChI=1S/C19H12N4S3/c1-2-5-13-10-14(8-7-12(13)4-1)15-11-25-18(20-15)21-19-23-22-17(26-19)16-6-3-9-24-16/h1-11H,(H,20,21,23). The van der Waals surface area contributed by atoms with Gasteiger partial charge in [-0.15, -0.1) is 32.9 Å². The van der Waals surface area contributed by atoms with Crippen LogP contribution in [0.4, 0.5) is 10.3 Å². The second-order valence-corrected chi connectivity index (χ2v) is 8.40. The Kier molecular flexibility index (Phi) is 3.97. The van der Waals surface area contributed by atoms with Crippen molar-refractivity contribution in [1.29, 1.82) is 0 Å². The second kappa shape index (κ2) is 6.60. The Bertz CT molecular complexity index is 1170. The lowest BCUT2D eigenvalue weighted by Gasteiger charge is -2.01. The van der Waals surface area contributed by atoms with Gasteiger partial charge in [-0.3, -0.25) is 0 Å². The fourth-order valence-corrected chi connectivity index (χ4v) is 5.00. The third-order valence-electron chi connectivity index (χ3n) is 3.92. The Balaban J connectivity index is 1.39. The van der Waals surface area contributed by atoms with Crippen molar-refractivity contribution >= 4 is 55.0 Å². The van der Waals surface area contributed by atoms with Gasteiger partial charge in [0.05, 0.1) is 10.6 Å². The number of hydrogen-bond acceptors (Lipinski definition) is 7. The Morgan fingerprint density at radius 1 is 0.808 bits per heavy atom. The van der Waals surface area contributed by atoms with Crippen molar-refractivity contribution in [3.05, 3.63) is 65.4 Å². The number of nitrogens with one attached hydrogen (secondary N) is 1. The maximum Gasteiger partial charge on any atom is 0.212 e. The molecule has 0 atom stereocenters. The third-order valence-corrected chi connectivity index (χ3v) is 6.56. The van der Waals surface area contributed by atoms with E-state index in [9.17, 15) is 0 Å². The number of nitrogens with zero attached hydrogens (tertiary/aromatic N) is 3. The number of fused-ring (bicyclic) bond motifs is 1. The van der Waals surface area contributed by atoms with E-state index in [1.807, 2.05) is 11.4 Å². The van der Waals surface area contributed by atoms with E-state index in [0.29, 0.717) is 0 Å². The van der Waals surface area contributed by atoms with Gasteiger partial charge in [-0.05, 0) is 28.3 Å². The van der Waals surface area contributed by atoms with Gasteiger partial charge < -0.3 is 5.32 Å². The zero-order valence-electron chi connectivity index (χ0n) is 13.4. The number of benzene rings is 2. The zero-order chi connectivity index (χ0) is 17.3. The predicted molar refractivity (Wildman–Crippen MR) is 112 cm³/mol. The largest absolute Gasteiger partial charge is 0.306 e. The molecule has 2 aromatic carbocycles. The number of thiophene rings is 1. The fourth-order valence-electron chi connectivity index (χ4n) is 2.68. The highest BCUT2D eigenvalue weighted by molar-refractivity contribution is 7.23. The monoisotopic (exact) mass is 392 g/mol. The molecule has 7 heteroatoms. The highest BCUT2D eigenvalue weighted by Gasteiger charge is 2.10. The molecule has 0 saturated carbocycles. The van der Waals surface area contributed by atoms with E-state index in [2.05, 4.69) is 69.4 Å². The Labute approximate surface area is 161 Å². The van der Waals surface area contributed by atoms with Crippen LogP contribution in [-0.2, 0) is 0 Å². The van der Waals surface area contributed by atoms with E-state index in [-0.39, 0.29) is 0 Å². The summed E-state index contributed by atoms with van der Waals surface area (Å²) in [6, 6.07) is 18.8. The van der Waals surface area contributed by atoms with Gasteiger partial charge in [0.2, 0.25) is 5.13 Å². The summed E-state index contributed by atoms with van der Waals surface area (Å²) >= 11 is 4.77. The van der Waals surface area contributed by atoms with Crippen LogP contribution in [-0.4, -0.2) is 15.2 Å². The first-order valence-corrected chi connectivity index (χ1v) is 10.5. The quantitative estimate of drug-likeness (QED) is 0.391. The molecule has 5 rings (SSSR count). The van der Waals surface area contributed by atoms with Crippen molar-refractivity contribution < 1.29 is 0 Å². The van der Waals surface area contributed by atoms with Crippen LogP contribution >= 0.6 is 34.0 Å². The first-order valence-electron chi connectivity index (χ1n) is 7.94. The van der Waals surface area contributed by atoms with Gasteiger partial charge in [0.15, 0.2) is 10.1 Å². The Morgan fingerprint density at radius 2 is 1.73 bits per heavy atom. The zero-order valence-corrected chi connectivity index (χ0v) is 15.9. The smallest absolute Gasteiger partial charge is 0.212 e. The molecule has 4 nitrogen and oxygen atoms in total. The molecule has 0 aliphatic heterocycles. The van der Waals surface area contributed by atoms with Crippen molar-refractivity contribution in [3.63, 3.8) is 0 Å². The number of hydrogen-bond donors (Lipinski definition) is 1. The molecule has 3 heterocycles. The molecule has 26 heavy (non-hydrogen) atoms. The molecule has 5 aromatic rings. The molecule has 0 unspecified atom stereocenters. The van der Waals surface area contributed by atoms with Gasteiger partial charge in [-0.1, -0.05) is 53.8 Å². The average molecular weight is 393 g/mol. The van der Waals surface area contributed by atoms with Crippen LogP contribution in [0.3, 0.4) is 0 Å². The van der Waals surface area contributed by atoms with E-state index in [0.717, 1.165) is 31.4 Å². The summed E-state index contributed by atoms with van der Waals surface area (Å²) < 4.78 is 0. The lowest BCUT2D eigenvalue weighted by atomic mass is 10.1. The van der Waals surface area contributed by atoms with Crippen molar-refractivity contribution in [2.75, 3.05) is 5.32 Å². The first-order chi connectivity index (χ1) is 12.8. The van der Waals surface area contributed by atoms with Crippen LogP contribution in [0, 0.1) is 0 Å². The molecule has 3 aromatic heterocycles. The number of rotatable bonds is 4. The summed E-state index contributed by atoms with van der Waals surface area (Å²) in [6.45, 7) is 0. The van der Waals surface area contributed by atoms with Crippen LogP contribution < -0.4 is 5.32 Å². The van der Waals surface area contributed by atoms with E-state index >= 15 is 0 Å². The molecule has 0 aliphatic rings. The highest BCUT2D eigenvalue weighted by atomic mass is 32.1. The van der Waals surface area contributed by atoms with E-state index in [1.165, 1.54) is 22.1 Å². The molecule has 0 radical (unpaired) electrons. The molecular formula is C19H12N4S3. The minimum Gasteiger partial charge on any atom is -0.306 e. The van der Waals surface area contributed by atoms with Crippen molar-refractivity contribution in [2.24, 2.45) is 0 Å². The van der Waals surface area contributed by atoms with E-state index < -0.39 is 0 Å². The summed E-state index contributed by atoms with van der Waals surface area (Å²) in [5.41, 5.74) is 2.08. The number of aromatic nitrogens is 3. The third kappa shape index (κ3) is 3.01. The molecule has 126 valence electrons. The summed E-state index contributed by atoms with van der Waals surface area (Å²) in [5.74, 6) is 0. The molecular weight excluding hydrogens is 380 g/mol. The number of thiazole rings is 1. The molecule has 1 N–H and O–H groups in total. The van der Waals surface area contributed by atoms with Crippen LogP contribution in [0.5, 0.6) is 0 Å². The number of anilines is 2. The molecule has 0 spiro atoms. The topological polar surface area (TPSA) is 50.7 Å². The molecule has 0 bridgehead atoms. The highest BCUT2D eigenvalue weighted by Crippen LogP contribution is 2.33. The molecule has 0 fully saturated rings. The van der Waals surface area contributed by atoms with Gasteiger partial charge in [0, 0.05) is 10.9 Å². The van der Waals surface area contributed by atoms with Crippen molar-refractivity contribution in [2.45, 2.75) is 0 Å². The summed E-state index contributed by atoms with van der Waals surface area (Å²) in [4.78, 5) is 5.83. The second-order valence-electron chi connectivity index (χ2n) is 5.61. The van der Waals surface area contributed by atoms with Crippen LogP contribution in [0.2, 0.25) is 0 Å². The minimum atomic E-state index is 0.757. The van der Waals surface area contributed by atoms with Crippen molar-refractivity contribution in [3.8, 4) is 21.1 Å². The van der Waals surface area contributed by atoms with Gasteiger partial charge in [-0.2, -0.15) is 0 Å². The fraction of sp³-hybridized carbons (Fsp3) is 0. The first kappa shape index (κ1) is 15.6. The lowest BCUT2D eigenvalue weighted by Crippen LogP contribution is -1.88. The van der Waals surface area contributed by atoms with E-state index in [1.54, 1.807) is 22.7 Å². The van der Waals surface area contributed by atoms with Gasteiger partial charge in [0.25, 0.3) is 0 Å². The van der Waals surface area contributed by atoms with Gasteiger partial charge in [0.1, 0.15) is 0 Å². The van der Waals surface area contributed by atoms with Crippen LogP contribution in [0.1, 0.15) is 0 Å². The maximum absolute atomic E-state index is 4.70. The van der Waals surface area contributed by atoms with E-state index in [4.69, 9.17) is 4.98 Å². The Hall–Kier alpha value is -2.61. The average Bonchev–Trinajstić information content (AvgIpc) is 3.43.